The summed E-state index contributed by atoms with van der Waals surface area (Å²) in [4.78, 5) is 44.6. The highest BCUT2D eigenvalue weighted by molar-refractivity contribution is 9.10. The molecule has 6 nitrogen and oxygen atoms in total. The lowest BCUT2D eigenvalue weighted by Gasteiger charge is -2.33. The van der Waals surface area contributed by atoms with E-state index in [1.165, 1.54) is 0 Å². The summed E-state index contributed by atoms with van der Waals surface area (Å²) in [7, 11) is 0. The SMILES string of the molecule is CC[C@H](C)NC(=O)[C@H](Cc1ccccc1)N(Cc1ccc(Br)cc1)C(=O)CN1C(=O)c2cccc3cccc1c23. The zero-order valence-electron chi connectivity index (χ0n) is 22.6. The van der Waals surface area contributed by atoms with E-state index in [1.807, 2.05) is 98.8 Å². The molecule has 40 heavy (non-hydrogen) atoms. The molecule has 1 N–H and O–H groups in total. The zero-order valence-corrected chi connectivity index (χ0v) is 24.2. The first-order chi connectivity index (χ1) is 19.4. The predicted octanol–water partition coefficient (Wildman–Crippen LogP) is 6.12. The second-order valence-electron chi connectivity index (χ2n) is 10.2. The van der Waals surface area contributed by atoms with Gasteiger partial charge in [0, 0.05) is 34.4 Å². The molecule has 7 heteroatoms. The third-order valence-corrected chi connectivity index (χ3v) is 8.01. The van der Waals surface area contributed by atoms with Gasteiger partial charge in [0.05, 0.1) is 5.69 Å². The topological polar surface area (TPSA) is 69.7 Å². The number of nitrogens with zero attached hydrogens (tertiary/aromatic N) is 2. The van der Waals surface area contributed by atoms with Gasteiger partial charge < -0.3 is 10.2 Å². The smallest absolute Gasteiger partial charge is 0.259 e. The Morgan fingerprint density at radius 1 is 0.900 bits per heavy atom. The lowest BCUT2D eigenvalue weighted by molar-refractivity contribution is -0.140. The summed E-state index contributed by atoms with van der Waals surface area (Å²) in [5.41, 5.74) is 3.16. The van der Waals surface area contributed by atoms with E-state index < -0.39 is 6.04 Å². The fourth-order valence-corrected chi connectivity index (χ4v) is 5.41. The molecule has 3 amide bonds. The van der Waals surface area contributed by atoms with Crippen LogP contribution in [0.4, 0.5) is 5.69 Å². The third-order valence-electron chi connectivity index (χ3n) is 7.48. The first-order valence-corrected chi connectivity index (χ1v) is 14.4. The average Bonchev–Trinajstić information content (AvgIpc) is 3.24. The number of carbonyl (C=O) groups excluding carboxylic acids is 3. The number of nitrogens with one attached hydrogen (secondary N) is 1. The normalized spacial score (nSPS) is 13.8. The summed E-state index contributed by atoms with van der Waals surface area (Å²) >= 11 is 3.48. The van der Waals surface area contributed by atoms with E-state index in [1.54, 1.807) is 15.9 Å². The van der Waals surface area contributed by atoms with Crippen LogP contribution in [0.1, 0.15) is 41.8 Å². The minimum Gasteiger partial charge on any atom is -0.352 e. The van der Waals surface area contributed by atoms with Crippen LogP contribution in [0.3, 0.4) is 0 Å². The van der Waals surface area contributed by atoms with E-state index in [0.717, 1.165) is 38.5 Å². The highest BCUT2D eigenvalue weighted by Crippen LogP contribution is 2.37. The second kappa shape index (κ2) is 12.0. The quantitative estimate of drug-likeness (QED) is 0.239. The molecule has 4 aromatic rings. The van der Waals surface area contributed by atoms with Crippen molar-refractivity contribution in [3.05, 3.63) is 112 Å². The fourth-order valence-electron chi connectivity index (χ4n) is 5.14. The monoisotopic (exact) mass is 597 g/mol. The lowest BCUT2D eigenvalue weighted by atomic mass is 10.0. The van der Waals surface area contributed by atoms with Crippen molar-refractivity contribution in [3.63, 3.8) is 0 Å². The number of benzene rings is 4. The summed E-state index contributed by atoms with van der Waals surface area (Å²) in [5, 5.41) is 4.91. The maximum absolute atomic E-state index is 14.2. The molecule has 0 fully saturated rings. The third kappa shape index (κ3) is 5.80. The molecule has 1 aliphatic rings. The Morgan fingerprint density at radius 2 is 1.60 bits per heavy atom. The van der Waals surface area contributed by atoms with Crippen LogP contribution in [-0.2, 0) is 22.6 Å². The molecule has 0 spiro atoms. The molecule has 0 aliphatic carbocycles. The van der Waals surface area contributed by atoms with Gasteiger partial charge in [-0.05, 0) is 54.1 Å². The van der Waals surface area contributed by atoms with E-state index in [-0.39, 0.29) is 36.9 Å². The standard InChI is InChI=1S/C33H32BrN3O3/c1-3-22(2)35-32(39)29(19-23-9-5-4-6-10-23)36(20-24-15-17-26(34)18-16-24)30(38)21-37-28-14-8-12-25-11-7-13-27(31(25)28)33(37)40/h4-18,22,29H,3,19-21H2,1-2H3,(H,35,39)/t22-,29-/m0/s1. The largest absolute Gasteiger partial charge is 0.352 e. The fraction of sp³-hybridized carbons (Fsp3) is 0.242. The summed E-state index contributed by atoms with van der Waals surface area (Å²) in [5.74, 6) is -0.699. The maximum atomic E-state index is 14.2. The van der Waals surface area contributed by atoms with Crippen LogP contribution in [0, 0.1) is 0 Å². The Balaban J connectivity index is 1.51. The van der Waals surface area contributed by atoms with E-state index in [2.05, 4.69) is 21.2 Å². The number of halogens is 1. The average molecular weight is 599 g/mol. The van der Waals surface area contributed by atoms with Crippen LogP contribution in [0.5, 0.6) is 0 Å². The summed E-state index contributed by atoms with van der Waals surface area (Å²) < 4.78 is 0.929. The molecule has 0 bridgehead atoms. The van der Waals surface area contributed by atoms with Gasteiger partial charge in [-0.15, -0.1) is 0 Å². The summed E-state index contributed by atoms with van der Waals surface area (Å²) in [6.45, 7) is 4.04. The van der Waals surface area contributed by atoms with Crippen molar-refractivity contribution in [2.24, 2.45) is 0 Å². The van der Waals surface area contributed by atoms with Gasteiger partial charge >= 0.3 is 0 Å². The lowest BCUT2D eigenvalue weighted by Crippen LogP contribution is -2.54. The highest BCUT2D eigenvalue weighted by atomic mass is 79.9. The Morgan fingerprint density at radius 3 is 2.30 bits per heavy atom. The maximum Gasteiger partial charge on any atom is 0.259 e. The Kier molecular flexibility index (Phi) is 8.31. The van der Waals surface area contributed by atoms with Gasteiger partial charge in [0.1, 0.15) is 12.6 Å². The molecule has 5 rings (SSSR count). The van der Waals surface area contributed by atoms with Crippen molar-refractivity contribution in [2.45, 2.75) is 45.3 Å². The number of anilines is 1. The summed E-state index contributed by atoms with van der Waals surface area (Å²) in [6.07, 6.45) is 1.13. The Hall–Kier alpha value is -3.97. The molecule has 0 saturated carbocycles. The zero-order chi connectivity index (χ0) is 28.2. The Labute approximate surface area is 243 Å². The first-order valence-electron chi connectivity index (χ1n) is 13.6. The van der Waals surface area contributed by atoms with Crippen LogP contribution in [0.25, 0.3) is 10.8 Å². The van der Waals surface area contributed by atoms with Crippen molar-refractivity contribution < 1.29 is 14.4 Å². The molecule has 0 radical (unpaired) electrons. The molecule has 1 heterocycles. The van der Waals surface area contributed by atoms with Gasteiger partial charge in [0.25, 0.3) is 5.91 Å². The van der Waals surface area contributed by atoms with Gasteiger partial charge in [-0.25, -0.2) is 0 Å². The molecular weight excluding hydrogens is 566 g/mol. The van der Waals surface area contributed by atoms with Crippen molar-refractivity contribution >= 4 is 50.1 Å². The van der Waals surface area contributed by atoms with E-state index in [4.69, 9.17) is 0 Å². The Bertz CT molecular complexity index is 1530. The van der Waals surface area contributed by atoms with Gasteiger partial charge in [0.2, 0.25) is 11.8 Å². The number of rotatable bonds is 10. The molecule has 0 aromatic heterocycles. The van der Waals surface area contributed by atoms with Gasteiger partial charge in [-0.2, -0.15) is 0 Å². The highest BCUT2D eigenvalue weighted by Gasteiger charge is 2.36. The van der Waals surface area contributed by atoms with Crippen molar-refractivity contribution in [2.75, 3.05) is 11.4 Å². The van der Waals surface area contributed by atoms with Crippen LogP contribution in [0.2, 0.25) is 0 Å². The molecule has 204 valence electrons. The van der Waals surface area contributed by atoms with Crippen LogP contribution in [0.15, 0.2) is 95.5 Å². The predicted molar refractivity (Wildman–Crippen MR) is 162 cm³/mol. The van der Waals surface area contributed by atoms with Gasteiger partial charge in [-0.3, -0.25) is 19.3 Å². The van der Waals surface area contributed by atoms with Crippen molar-refractivity contribution in [1.82, 2.24) is 10.2 Å². The van der Waals surface area contributed by atoms with Crippen molar-refractivity contribution in [1.29, 1.82) is 0 Å². The molecule has 0 saturated heterocycles. The molecule has 2 atom stereocenters. The number of amides is 3. The van der Waals surface area contributed by atoms with E-state index >= 15 is 0 Å². The molecule has 4 aromatic carbocycles. The second-order valence-corrected chi connectivity index (χ2v) is 11.2. The number of carbonyl (C=O) groups is 3. The van der Waals surface area contributed by atoms with Crippen LogP contribution in [-0.4, -0.2) is 41.2 Å². The van der Waals surface area contributed by atoms with E-state index in [0.29, 0.717) is 12.0 Å². The van der Waals surface area contributed by atoms with E-state index in [9.17, 15) is 14.4 Å². The number of hydrogen-bond donors (Lipinski definition) is 1. The summed E-state index contributed by atoms with van der Waals surface area (Å²) in [6, 6.07) is 28.0. The van der Waals surface area contributed by atoms with Gasteiger partial charge in [-0.1, -0.05) is 89.6 Å². The van der Waals surface area contributed by atoms with Crippen LogP contribution >= 0.6 is 15.9 Å². The minimum absolute atomic E-state index is 0.0392. The van der Waals surface area contributed by atoms with Crippen LogP contribution < -0.4 is 10.2 Å². The number of hydrogen-bond acceptors (Lipinski definition) is 3. The van der Waals surface area contributed by atoms with Gasteiger partial charge in [0.15, 0.2) is 0 Å². The minimum atomic E-state index is -0.761. The molecule has 1 aliphatic heterocycles. The first kappa shape index (κ1) is 27.6. The van der Waals surface area contributed by atoms with Crippen molar-refractivity contribution in [3.8, 4) is 0 Å². The molecule has 0 unspecified atom stereocenters. The molecular formula is C33H32BrN3O3.